The molecule has 0 fully saturated rings. The maximum absolute atomic E-state index is 13.2. The summed E-state index contributed by atoms with van der Waals surface area (Å²) >= 11 is 0. The Morgan fingerprint density at radius 3 is 2.63 bits per heavy atom. The first-order valence-corrected chi connectivity index (χ1v) is 6.20. The summed E-state index contributed by atoms with van der Waals surface area (Å²) in [6.07, 6.45) is 2.99. The van der Waals surface area contributed by atoms with Crippen LogP contribution in [0.3, 0.4) is 0 Å². The highest BCUT2D eigenvalue weighted by Gasteiger charge is 2.09. The Hall–Kier alpha value is -2.36. The molecule has 0 unspecified atom stereocenters. The zero-order chi connectivity index (χ0) is 13.2. The van der Waals surface area contributed by atoms with Crippen molar-refractivity contribution in [2.45, 2.75) is 12.8 Å². The van der Waals surface area contributed by atoms with E-state index in [-0.39, 0.29) is 5.82 Å². The third kappa shape index (κ3) is 2.29. The number of rotatable bonds is 3. The van der Waals surface area contributed by atoms with E-state index >= 15 is 0 Å². The molecule has 3 rings (SSSR count). The molecule has 0 amide bonds. The van der Waals surface area contributed by atoms with E-state index in [0.717, 1.165) is 18.5 Å². The van der Waals surface area contributed by atoms with Crippen LogP contribution in [0.25, 0.3) is 5.65 Å². The van der Waals surface area contributed by atoms with Crippen molar-refractivity contribution in [3.8, 4) is 0 Å². The highest BCUT2D eigenvalue weighted by molar-refractivity contribution is 5.52. The van der Waals surface area contributed by atoms with E-state index < -0.39 is 0 Å². The third-order valence-corrected chi connectivity index (χ3v) is 3.19. The Labute approximate surface area is 110 Å². The molecule has 96 valence electrons. The second kappa shape index (κ2) is 4.72. The number of pyridine rings is 1. The molecule has 0 saturated heterocycles. The Morgan fingerprint density at radius 2 is 1.84 bits per heavy atom. The number of nitrogens with two attached hydrogens (primary N) is 1. The average Bonchev–Trinajstić information content (AvgIpc) is 2.74. The van der Waals surface area contributed by atoms with Crippen molar-refractivity contribution in [1.82, 2.24) is 9.38 Å². The van der Waals surface area contributed by atoms with Crippen molar-refractivity contribution < 1.29 is 4.39 Å². The van der Waals surface area contributed by atoms with Crippen LogP contribution in [0, 0.1) is 5.82 Å². The van der Waals surface area contributed by atoms with E-state index in [2.05, 4.69) is 17.1 Å². The molecule has 0 bridgehead atoms. The summed E-state index contributed by atoms with van der Waals surface area (Å²) in [4.78, 5) is 4.44. The first-order chi connectivity index (χ1) is 9.24. The first-order valence-electron chi connectivity index (χ1n) is 6.20. The number of nitrogens with zero attached hydrogens (tertiary/aromatic N) is 2. The smallest absolute Gasteiger partial charge is 0.140 e. The Kier molecular flexibility index (Phi) is 2.91. The Morgan fingerprint density at radius 1 is 1.05 bits per heavy atom. The highest BCUT2D eigenvalue weighted by Crippen LogP contribution is 2.17. The van der Waals surface area contributed by atoms with Gasteiger partial charge in [0.1, 0.15) is 17.3 Å². The molecule has 0 aliphatic rings. The molecule has 0 radical (unpaired) electrons. The molecule has 3 aromatic rings. The lowest BCUT2D eigenvalue weighted by Crippen LogP contribution is -1.98. The van der Waals surface area contributed by atoms with Gasteiger partial charge >= 0.3 is 0 Å². The largest absolute Gasteiger partial charge is 0.383 e. The minimum absolute atomic E-state index is 0.314. The van der Waals surface area contributed by atoms with Crippen LogP contribution in [-0.4, -0.2) is 9.38 Å². The zero-order valence-electron chi connectivity index (χ0n) is 10.4. The monoisotopic (exact) mass is 255 g/mol. The second-order valence-electron chi connectivity index (χ2n) is 4.50. The number of benzene rings is 1. The van der Waals surface area contributed by atoms with Crippen molar-refractivity contribution in [2.24, 2.45) is 0 Å². The van der Waals surface area contributed by atoms with Crippen LogP contribution in [0.15, 0.2) is 48.7 Å². The molecule has 0 saturated carbocycles. The van der Waals surface area contributed by atoms with Gasteiger partial charge in [-0.05, 0) is 30.5 Å². The minimum Gasteiger partial charge on any atom is -0.383 e. The molecule has 1 aromatic carbocycles. The molecule has 2 aromatic heterocycles. The lowest BCUT2D eigenvalue weighted by molar-refractivity contribution is 0.619. The van der Waals surface area contributed by atoms with Gasteiger partial charge in [-0.15, -0.1) is 0 Å². The fraction of sp³-hybridized carbons (Fsp3) is 0.133. The summed E-state index contributed by atoms with van der Waals surface area (Å²) in [5.41, 5.74) is 8.74. The van der Waals surface area contributed by atoms with E-state index in [1.807, 2.05) is 18.2 Å². The molecule has 0 atom stereocenters. The Bertz CT molecular complexity index is 704. The van der Waals surface area contributed by atoms with Gasteiger partial charge in [-0.3, -0.25) is 4.40 Å². The van der Waals surface area contributed by atoms with Crippen LogP contribution in [0.4, 0.5) is 10.2 Å². The van der Waals surface area contributed by atoms with Crippen LogP contribution < -0.4 is 5.73 Å². The number of aromatic nitrogens is 2. The number of hydrogen-bond acceptors (Lipinski definition) is 2. The predicted octanol–water partition coefficient (Wildman–Crippen LogP) is 2.84. The summed E-state index contributed by atoms with van der Waals surface area (Å²) in [5, 5.41) is 0. The summed E-state index contributed by atoms with van der Waals surface area (Å²) in [6, 6.07) is 13.2. The van der Waals surface area contributed by atoms with Gasteiger partial charge in [0.05, 0.1) is 5.69 Å². The fourth-order valence-corrected chi connectivity index (χ4v) is 2.18. The number of halogens is 1. The maximum atomic E-state index is 13.2. The van der Waals surface area contributed by atoms with Crippen LogP contribution >= 0.6 is 0 Å². The number of anilines is 1. The molecule has 2 heterocycles. The number of nitrogen functional groups attached to an aromatic ring is 1. The quantitative estimate of drug-likeness (QED) is 0.782. The van der Waals surface area contributed by atoms with Crippen LogP contribution in [0.2, 0.25) is 0 Å². The Balaban J connectivity index is 1.87. The number of fused-ring (bicyclic) bond motifs is 1. The minimum atomic E-state index is -0.314. The van der Waals surface area contributed by atoms with Gasteiger partial charge in [-0.1, -0.05) is 30.3 Å². The molecule has 19 heavy (non-hydrogen) atoms. The van der Waals surface area contributed by atoms with Gasteiger partial charge in [0.15, 0.2) is 0 Å². The fourth-order valence-electron chi connectivity index (χ4n) is 2.18. The molecule has 3 nitrogen and oxygen atoms in total. The van der Waals surface area contributed by atoms with Gasteiger partial charge in [0.2, 0.25) is 0 Å². The third-order valence-electron chi connectivity index (χ3n) is 3.19. The molecule has 0 aliphatic heterocycles. The van der Waals surface area contributed by atoms with E-state index in [0.29, 0.717) is 11.5 Å². The van der Waals surface area contributed by atoms with E-state index in [1.165, 1.54) is 17.8 Å². The molecule has 0 spiro atoms. The van der Waals surface area contributed by atoms with E-state index in [9.17, 15) is 4.39 Å². The van der Waals surface area contributed by atoms with Crippen molar-refractivity contribution in [1.29, 1.82) is 0 Å². The van der Waals surface area contributed by atoms with Crippen molar-refractivity contribution >= 4 is 11.5 Å². The van der Waals surface area contributed by atoms with Gasteiger partial charge in [-0.2, -0.15) is 0 Å². The van der Waals surface area contributed by atoms with Crippen LogP contribution in [0.5, 0.6) is 0 Å². The van der Waals surface area contributed by atoms with E-state index in [1.54, 1.807) is 10.5 Å². The number of hydrogen-bond donors (Lipinski definition) is 1. The summed E-state index contributed by atoms with van der Waals surface area (Å²) < 4.78 is 14.8. The lowest BCUT2D eigenvalue weighted by Gasteiger charge is -2.00. The van der Waals surface area contributed by atoms with Crippen LogP contribution in [0.1, 0.15) is 11.3 Å². The van der Waals surface area contributed by atoms with Gasteiger partial charge in [0.25, 0.3) is 0 Å². The second-order valence-corrected chi connectivity index (χ2v) is 4.50. The van der Waals surface area contributed by atoms with Gasteiger partial charge in [-0.25, -0.2) is 9.37 Å². The number of aryl methyl sites for hydroxylation is 2. The van der Waals surface area contributed by atoms with E-state index in [4.69, 9.17) is 5.73 Å². The normalized spacial score (nSPS) is 11.0. The predicted molar refractivity (Wildman–Crippen MR) is 73.4 cm³/mol. The van der Waals surface area contributed by atoms with Crippen molar-refractivity contribution in [3.63, 3.8) is 0 Å². The molecular formula is C15H14FN3. The maximum Gasteiger partial charge on any atom is 0.140 e. The molecule has 4 heteroatoms. The van der Waals surface area contributed by atoms with Crippen LogP contribution in [-0.2, 0) is 12.8 Å². The summed E-state index contributed by atoms with van der Waals surface area (Å²) in [6.45, 7) is 0. The first kappa shape index (κ1) is 11.7. The number of imidazole rings is 1. The summed E-state index contributed by atoms with van der Waals surface area (Å²) in [7, 11) is 0. The lowest BCUT2D eigenvalue weighted by atomic mass is 10.1. The van der Waals surface area contributed by atoms with Gasteiger partial charge < -0.3 is 5.73 Å². The highest BCUT2D eigenvalue weighted by atomic mass is 19.1. The van der Waals surface area contributed by atoms with Crippen molar-refractivity contribution in [2.75, 3.05) is 5.73 Å². The average molecular weight is 255 g/mol. The molecular weight excluding hydrogens is 241 g/mol. The standard InChI is InChI=1S/C15H14FN3/c16-12-7-9-14-18-13(15(17)19(14)10-12)8-6-11-4-2-1-3-5-11/h1-5,7,9-10H,6,8,17H2. The molecule has 2 N–H and O–H groups in total. The van der Waals surface area contributed by atoms with Gasteiger partial charge in [0, 0.05) is 6.20 Å². The zero-order valence-corrected chi connectivity index (χ0v) is 10.4. The van der Waals surface area contributed by atoms with Crippen molar-refractivity contribution in [3.05, 3.63) is 65.7 Å². The molecule has 0 aliphatic carbocycles. The topological polar surface area (TPSA) is 43.3 Å². The SMILES string of the molecule is Nc1c(CCc2ccccc2)nc2ccc(F)cn12. The summed E-state index contributed by atoms with van der Waals surface area (Å²) in [5.74, 6) is 0.205.